The Labute approximate surface area is 227 Å². The molecule has 1 fully saturated rings. The molecule has 2 aromatic carbocycles. The van der Waals surface area contributed by atoms with Crippen molar-refractivity contribution >= 4 is 55.7 Å². The number of halogens is 6. The van der Waals surface area contributed by atoms with Crippen LogP contribution in [0.5, 0.6) is 0 Å². The highest BCUT2D eigenvalue weighted by atomic mass is 35.5. The minimum absolute atomic E-state index is 0.0240. The van der Waals surface area contributed by atoms with Crippen molar-refractivity contribution in [2.75, 3.05) is 36.6 Å². The van der Waals surface area contributed by atoms with Crippen LogP contribution in [0.15, 0.2) is 35.4 Å². The summed E-state index contributed by atoms with van der Waals surface area (Å²) in [6.07, 6.45) is -4.45. The van der Waals surface area contributed by atoms with E-state index in [4.69, 9.17) is 16.3 Å². The fraction of sp³-hybridized carbons (Fsp3) is 0.318. The highest BCUT2D eigenvalue weighted by Crippen LogP contribution is 2.40. The largest absolute Gasteiger partial charge is 0.493 e. The third kappa shape index (κ3) is 5.41. The zero-order valence-corrected chi connectivity index (χ0v) is 22.1. The van der Waals surface area contributed by atoms with Crippen molar-refractivity contribution in [1.29, 1.82) is 0 Å². The summed E-state index contributed by atoms with van der Waals surface area (Å²) in [6.45, 7) is -0.230. The normalized spacial score (nSPS) is 14.7. The van der Waals surface area contributed by atoms with Crippen LogP contribution in [0.25, 0.3) is 10.9 Å². The van der Waals surface area contributed by atoms with Gasteiger partial charge in [0.05, 0.1) is 34.8 Å². The smallest absolute Gasteiger partial charge is 0.384 e. The monoisotopic (exact) mass is 611 g/mol. The number of alkyl halides is 3. The molecule has 0 amide bonds. The molecule has 18 heteroatoms. The quantitative estimate of drug-likeness (QED) is 0.304. The third-order valence-corrected chi connectivity index (χ3v) is 7.83. The van der Waals surface area contributed by atoms with Crippen molar-refractivity contribution in [3.63, 3.8) is 0 Å². The second kappa shape index (κ2) is 10.8. The molecule has 0 aliphatic carbocycles. The highest BCUT2D eigenvalue weighted by Gasteiger charge is 2.48. The van der Waals surface area contributed by atoms with Crippen LogP contribution >= 0.6 is 11.6 Å². The van der Waals surface area contributed by atoms with E-state index >= 15 is 4.39 Å². The number of hydrogen-bond donors (Lipinski definition) is 1. The number of nitrogens with one attached hydrogen (secondary N) is 1. The van der Waals surface area contributed by atoms with Crippen LogP contribution in [0.2, 0.25) is 5.02 Å². The maximum absolute atomic E-state index is 15.3. The number of nitrogens with zero attached hydrogens (tertiary/aromatic N) is 4. The first-order valence-corrected chi connectivity index (χ1v) is 12.9. The lowest BCUT2D eigenvalue weighted by molar-refractivity contribution is -0.199. The Morgan fingerprint density at radius 1 is 1.23 bits per heavy atom. The van der Waals surface area contributed by atoms with Crippen molar-refractivity contribution < 1.29 is 44.7 Å². The second-order valence-electron chi connectivity index (χ2n) is 8.61. The zero-order chi connectivity index (χ0) is 29.6. The summed E-state index contributed by atoms with van der Waals surface area (Å²) in [4.78, 5) is 32.2. The van der Waals surface area contributed by atoms with E-state index in [9.17, 15) is 35.6 Å². The van der Waals surface area contributed by atoms with Crippen molar-refractivity contribution in [3.8, 4) is 0 Å². The average molecular weight is 612 g/mol. The molecule has 1 aliphatic rings. The summed E-state index contributed by atoms with van der Waals surface area (Å²) in [7, 11) is -2.30. The number of aryl methyl sites for hydroxylation is 1. The molecule has 1 N–H and O–H groups in total. The summed E-state index contributed by atoms with van der Waals surface area (Å²) < 4.78 is 102. The Hall–Kier alpha value is -3.54. The van der Waals surface area contributed by atoms with Gasteiger partial charge in [0, 0.05) is 33.2 Å². The third-order valence-electron chi connectivity index (χ3n) is 5.81. The maximum Gasteiger partial charge on any atom is 0.493 e. The summed E-state index contributed by atoms with van der Waals surface area (Å²) in [5.41, 5.74) is -2.98. The van der Waals surface area contributed by atoms with Gasteiger partial charge in [-0.25, -0.2) is 18.6 Å². The van der Waals surface area contributed by atoms with E-state index < -0.39 is 67.0 Å². The molecule has 0 radical (unpaired) electrons. The fourth-order valence-electron chi connectivity index (χ4n) is 3.79. The van der Waals surface area contributed by atoms with Crippen LogP contribution in [0.4, 0.5) is 39.0 Å². The van der Waals surface area contributed by atoms with Crippen LogP contribution < -0.4 is 15.3 Å². The standard InChI is InChI=1S/C22H19ClF5N5O6S/c1-31-10-29-13-4-5-14(18(25)16(13)20(31)34)30-19-12(24)3-6-15(17(19)23)33(39-21(35)22(26,27)28)40(36,37)32-7-11(8-32)9-38-2/h3-6,10-11,30H,7-9H2,1-2H3. The topological polar surface area (TPSA) is 123 Å². The van der Waals surface area contributed by atoms with E-state index in [1.54, 1.807) is 0 Å². The zero-order valence-electron chi connectivity index (χ0n) is 20.5. The summed E-state index contributed by atoms with van der Waals surface area (Å²) in [6, 6.07) is 3.59. The molecule has 0 unspecified atom stereocenters. The number of rotatable bonds is 8. The number of benzene rings is 2. The number of methoxy groups -OCH3 is 1. The molecule has 0 bridgehead atoms. The van der Waals surface area contributed by atoms with Gasteiger partial charge in [0.25, 0.3) is 5.56 Å². The lowest BCUT2D eigenvalue weighted by atomic mass is 10.1. The number of carbonyl (C=O) groups excluding carboxylic acids is 1. The number of carbonyl (C=O) groups is 1. The number of anilines is 3. The van der Waals surface area contributed by atoms with Gasteiger partial charge >= 0.3 is 22.4 Å². The molecule has 0 atom stereocenters. The van der Waals surface area contributed by atoms with Gasteiger partial charge < -0.3 is 19.5 Å². The molecule has 1 saturated heterocycles. The van der Waals surface area contributed by atoms with Crippen molar-refractivity contribution in [2.45, 2.75) is 6.18 Å². The molecule has 2 heterocycles. The Morgan fingerprint density at radius 2 is 1.90 bits per heavy atom. The lowest BCUT2D eigenvalue weighted by Gasteiger charge is -2.40. The molecular weight excluding hydrogens is 593 g/mol. The van der Waals surface area contributed by atoms with Gasteiger partial charge in [-0.05, 0) is 24.3 Å². The second-order valence-corrected chi connectivity index (χ2v) is 10.7. The Balaban J connectivity index is 1.79. The molecular formula is C22H19ClF5N5O6S. The van der Waals surface area contributed by atoms with Gasteiger partial charge in [0.2, 0.25) is 0 Å². The van der Waals surface area contributed by atoms with Crippen LogP contribution in [0.3, 0.4) is 0 Å². The van der Waals surface area contributed by atoms with Crippen LogP contribution in [-0.4, -0.2) is 61.2 Å². The van der Waals surface area contributed by atoms with E-state index in [-0.39, 0.29) is 35.6 Å². The molecule has 1 aromatic heterocycles. The predicted molar refractivity (Wildman–Crippen MR) is 132 cm³/mol. The number of aromatic nitrogens is 2. The van der Waals surface area contributed by atoms with E-state index in [1.807, 2.05) is 0 Å². The minimum Gasteiger partial charge on any atom is -0.384 e. The molecule has 0 saturated carbocycles. The first-order chi connectivity index (χ1) is 18.7. The Kier molecular flexibility index (Phi) is 7.94. The van der Waals surface area contributed by atoms with E-state index in [2.05, 4.69) is 15.1 Å². The Bertz CT molecular complexity index is 1650. The molecule has 40 heavy (non-hydrogen) atoms. The van der Waals surface area contributed by atoms with Crippen molar-refractivity contribution in [2.24, 2.45) is 13.0 Å². The SMILES string of the molecule is COCC1CN(S(=O)(=O)N(OC(=O)C(F)(F)F)c2ccc(F)c(Nc3ccc4ncn(C)c(=O)c4c3F)c2Cl)C1. The molecule has 1 aliphatic heterocycles. The number of ether oxygens (including phenoxy) is 1. The Morgan fingerprint density at radius 3 is 2.52 bits per heavy atom. The first kappa shape index (κ1) is 29.4. The maximum atomic E-state index is 15.3. The lowest BCUT2D eigenvalue weighted by Crippen LogP contribution is -2.57. The summed E-state index contributed by atoms with van der Waals surface area (Å²) >= 11 is 6.21. The molecule has 3 aromatic rings. The fourth-order valence-corrected chi connectivity index (χ4v) is 5.69. The molecule has 0 spiro atoms. The summed E-state index contributed by atoms with van der Waals surface area (Å²) in [5, 5.41) is 0.940. The van der Waals surface area contributed by atoms with Gasteiger partial charge in [-0.1, -0.05) is 16.1 Å². The average Bonchev–Trinajstić information content (AvgIpc) is 2.85. The number of hydrogen-bond acceptors (Lipinski definition) is 8. The van der Waals surface area contributed by atoms with Crippen LogP contribution in [-0.2, 0) is 31.6 Å². The van der Waals surface area contributed by atoms with Gasteiger partial charge in [0.1, 0.15) is 16.9 Å². The highest BCUT2D eigenvalue weighted by molar-refractivity contribution is 7.90. The van der Waals surface area contributed by atoms with E-state index in [0.717, 1.165) is 17.0 Å². The van der Waals surface area contributed by atoms with Gasteiger partial charge in [-0.15, -0.1) is 0 Å². The van der Waals surface area contributed by atoms with Gasteiger partial charge in [-0.3, -0.25) is 4.79 Å². The first-order valence-electron chi connectivity index (χ1n) is 11.1. The molecule has 11 nitrogen and oxygen atoms in total. The van der Waals surface area contributed by atoms with Crippen LogP contribution in [0, 0.1) is 17.6 Å². The number of fused-ring (bicyclic) bond motifs is 1. The molecule has 4 rings (SSSR count). The predicted octanol–water partition coefficient (Wildman–Crippen LogP) is 3.26. The minimum atomic E-state index is -5.61. The van der Waals surface area contributed by atoms with E-state index in [0.29, 0.717) is 16.4 Å². The van der Waals surface area contributed by atoms with Crippen molar-refractivity contribution in [3.05, 3.63) is 57.6 Å². The summed E-state index contributed by atoms with van der Waals surface area (Å²) in [5.74, 6) is -5.54. The van der Waals surface area contributed by atoms with Crippen LogP contribution in [0.1, 0.15) is 0 Å². The van der Waals surface area contributed by atoms with E-state index in [1.165, 1.54) is 20.2 Å². The molecule has 216 valence electrons. The van der Waals surface area contributed by atoms with Gasteiger partial charge in [0.15, 0.2) is 5.82 Å². The van der Waals surface area contributed by atoms with Gasteiger partial charge in [-0.2, -0.15) is 25.9 Å². The van der Waals surface area contributed by atoms with Crippen molar-refractivity contribution in [1.82, 2.24) is 13.9 Å².